The van der Waals surface area contributed by atoms with Crippen LogP contribution in [0.25, 0.3) is 10.9 Å². The third kappa shape index (κ3) is 7.30. The number of ether oxygens (including phenoxy) is 2. The lowest BCUT2D eigenvalue weighted by Crippen LogP contribution is -2.49. The molecule has 1 aliphatic rings. The maximum absolute atomic E-state index is 12.4. The summed E-state index contributed by atoms with van der Waals surface area (Å²) in [5.74, 6) is 0.561. The van der Waals surface area contributed by atoms with Crippen molar-refractivity contribution in [2.24, 2.45) is 0 Å². The van der Waals surface area contributed by atoms with Crippen LogP contribution < -0.4 is 20.1 Å². The van der Waals surface area contributed by atoms with E-state index in [1.54, 1.807) is 43.4 Å². The van der Waals surface area contributed by atoms with Crippen LogP contribution in [0.15, 0.2) is 34.9 Å². The minimum absolute atomic E-state index is 0.111. The van der Waals surface area contributed by atoms with Gasteiger partial charge in [-0.2, -0.15) is 4.98 Å². The number of piperazine rings is 1. The zero-order valence-corrected chi connectivity index (χ0v) is 22.3. The van der Waals surface area contributed by atoms with E-state index in [0.29, 0.717) is 66.1 Å². The molecule has 0 radical (unpaired) electrons. The number of aliphatic hydroxyl groups excluding tert-OH is 5. The molecule has 1 fully saturated rings. The van der Waals surface area contributed by atoms with Gasteiger partial charge in [0.25, 0.3) is 5.91 Å². The number of fused-ring (bicyclic) bond motifs is 1. The Labute approximate surface area is 233 Å². The molecule has 3 aromatic rings. The van der Waals surface area contributed by atoms with E-state index in [2.05, 4.69) is 9.97 Å². The molecule has 1 aliphatic heterocycles. The lowest BCUT2D eigenvalue weighted by atomic mass is 10.0. The Kier molecular flexibility index (Phi) is 10.6. The molecule has 4 rings (SSSR count). The number of carbonyl (C=O) groups is 2. The van der Waals surface area contributed by atoms with E-state index in [0.717, 1.165) is 0 Å². The molecule has 1 amide bonds. The lowest BCUT2D eigenvalue weighted by molar-refractivity contribution is -0.164. The van der Waals surface area contributed by atoms with Gasteiger partial charge >= 0.3 is 5.97 Å². The smallest absolute Gasteiger partial charge is 0.335 e. The number of benzene rings is 1. The Bertz CT molecular complexity index is 1320. The maximum atomic E-state index is 12.4. The Morgan fingerprint density at radius 2 is 1.66 bits per heavy atom. The predicted molar refractivity (Wildman–Crippen MR) is 143 cm³/mol. The molecule has 16 nitrogen and oxygen atoms in total. The fourth-order valence-corrected chi connectivity index (χ4v) is 3.94. The Morgan fingerprint density at radius 1 is 1.02 bits per heavy atom. The number of aliphatic carboxylic acids is 1. The third-order valence-corrected chi connectivity index (χ3v) is 6.31. The molecule has 0 spiro atoms. The van der Waals surface area contributed by atoms with E-state index in [4.69, 9.17) is 50.3 Å². The minimum Gasteiger partial charge on any atom is -0.493 e. The van der Waals surface area contributed by atoms with Crippen LogP contribution >= 0.6 is 0 Å². The molecule has 3 heterocycles. The number of nitrogen functional groups attached to an aromatic ring is 1. The second kappa shape index (κ2) is 13.9. The summed E-state index contributed by atoms with van der Waals surface area (Å²) in [7, 11) is 3.14. The number of furan rings is 1. The van der Waals surface area contributed by atoms with Crippen molar-refractivity contribution in [3.05, 3.63) is 36.3 Å². The molecule has 1 saturated heterocycles. The summed E-state index contributed by atoms with van der Waals surface area (Å²) in [6, 6.07) is 6.93. The molecule has 2 aromatic heterocycles. The normalized spacial score (nSPS) is 16.3. The molecule has 0 saturated carbocycles. The van der Waals surface area contributed by atoms with E-state index in [1.165, 1.54) is 6.26 Å². The summed E-state index contributed by atoms with van der Waals surface area (Å²) < 4.78 is 15.9. The quantitative estimate of drug-likeness (QED) is 0.149. The Morgan fingerprint density at radius 3 is 2.20 bits per heavy atom. The van der Waals surface area contributed by atoms with Gasteiger partial charge in [0.05, 0.1) is 32.6 Å². The first-order chi connectivity index (χ1) is 19.5. The number of aliphatic hydroxyl groups is 5. The maximum Gasteiger partial charge on any atom is 0.335 e. The van der Waals surface area contributed by atoms with Gasteiger partial charge in [0.2, 0.25) is 5.95 Å². The van der Waals surface area contributed by atoms with E-state index in [9.17, 15) is 9.59 Å². The first-order valence-electron chi connectivity index (χ1n) is 12.3. The topological polar surface area (TPSA) is 245 Å². The molecule has 16 heteroatoms. The Balaban J connectivity index is 0.000000302. The number of hydrogen-bond acceptors (Lipinski definition) is 14. The van der Waals surface area contributed by atoms with Gasteiger partial charge in [-0.1, -0.05) is 0 Å². The zero-order chi connectivity index (χ0) is 30.3. The fourth-order valence-electron chi connectivity index (χ4n) is 3.94. The van der Waals surface area contributed by atoms with Crippen LogP contribution in [0.3, 0.4) is 0 Å². The van der Waals surface area contributed by atoms with E-state index >= 15 is 0 Å². The molecule has 0 aliphatic carbocycles. The number of hydrogen-bond donors (Lipinski definition) is 7. The van der Waals surface area contributed by atoms with Crippen molar-refractivity contribution in [2.75, 3.05) is 57.6 Å². The highest BCUT2D eigenvalue weighted by Gasteiger charge is 2.34. The van der Waals surface area contributed by atoms with Crippen LogP contribution in [0.5, 0.6) is 11.5 Å². The molecule has 0 unspecified atom stereocenters. The number of rotatable bonds is 9. The van der Waals surface area contributed by atoms with Crippen molar-refractivity contribution in [1.29, 1.82) is 0 Å². The summed E-state index contributed by atoms with van der Waals surface area (Å²) in [6.07, 6.45) is -6.34. The third-order valence-electron chi connectivity index (χ3n) is 6.31. The minimum atomic E-state index is -2.20. The highest BCUT2D eigenvalue weighted by atomic mass is 16.5. The van der Waals surface area contributed by atoms with Gasteiger partial charge < -0.3 is 60.1 Å². The predicted octanol–water partition coefficient (Wildman–Crippen LogP) is -1.71. The average Bonchev–Trinajstić information content (AvgIpc) is 3.54. The summed E-state index contributed by atoms with van der Waals surface area (Å²) in [5, 5.41) is 52.5. The number of nitrogens with zero attached hydrogens (tertiary/aromatic N) is 4. The zero-order valence-electron chi connectivity index (χ0n) is 22.3. The van der Waals surface area contributed by atoms with Crippen LogP contribution in [-0.2, 0) is 4.79 Å². The molecule has 4 atom stereocenters. The van der Waals surface area contributed by atoms with Gasteiger partial charge in [-0.3, -0.25) is 4.79 Å². The monoisotopic (exact) mass is 579 g/mol. The summed E-state index contributed by atoms with van der Waals surface area (Å²) in [5.41, 5.74) is 6.84. The number of carboxylic acids is 1. The lowest BCUT2D eigenvalue weighted by Gasteiger charge is -2.34. The fraction of sp³-hybridized carbons (Fsp3) is 0.440. The average molecular weight is 580 g/mol. The number of methoxy groups -OCH3 is 2. The molecule has 8 N–H and O–H groups in total. The van der Waals surface area contributed by atoms with E-state index in [1.807, 2.05) is 4.90 Å². The van der Waals surface area contributed by atoms with Crippen LogP contribution in [0.4, 0.5) is 11.8 Å². The van der Waals surface area contributed by atoms with Crippen molar-refractivity contribution >= 4 is 34.5 Å². The van der Waals surface area contributed by atoms with Gasteiger partial charge in [-0.05, 0) is 18.2 Å². The summed E-state index contributed by atoms with van der Waals surface area (Å²) in [4.78, 5) is 35.4. The van der Waals surface area contributed by atoms with Crippen molar-refractivity contribution in [2.45, 2.75) is 24.4 Å². The number of nitrogens with two attached hydrogens (primary N) is 1. The standard InChI is InChI=1S/C19H21N5O4.C6H12O7/c1-26-15-10-12-13(11-16(15)27-2)21-19(22-17(12)20)24-7-5-23(6-8-24)18(25)14-4-3-9-28-14;7-1-2(8)3(9)4(10)5(11)6(12)13/h3-4,9-11H,5-8H2,1-2H3,(H2,20,21,22);2-5,7-11H,1H2,(H,12,13)/t;2-,3-,4+,5-/m.1/s1. The number of aromatic nitrogens is 2. The number of anilines is 2. The van der Waals surface area contributed by atoms with Gasteiger partial charge in [0.15, 0.2) is 23.4 Å². The molecule has 224 valence electrons. The van der Waals surface area contributed by atoms with Crippen LogP contribution in [0.2, 0.25) is 0 Å². The van der Waals surface area contributed by atoms with Gasteiger partial charge in [0, 0.05) is 37.6 Å². The molecular formula is C25H33N5O11. The first kappa shape index (κ1) is 31.3. The van der Waals surface area contributed by atoms with Crippen LogP contribution in [0.1, 0.15) is 10.6 Å². The highest BCUT2D eigenvalue weighted by Crippen LogP contribution is 2.34. The molecule has 0 bridgehead atoms. The SMILES string of the molecule is COc1cc2nc(N3CCN(C(=O)c4ccco4)CC3)nc(N)c2cc1OC.O=C(O)[C@H](O)[C@@H](O)[C@H](O)[C@H](O)CO. The Hall–Kier alpha value is -4.22. The van der Waals surface area contributed by atoms with E-state index < -0.39 is 37.0 Å². The highest BCUT2D eigenvalue weighted by molar-refractivity contribution is 5.92. The van der Waals surface area contributed by atoms with Crippen molar-refractivity contribution in [3.63, 3.8) is 0 Å². The van der Waals surface area contributed by atoms with Crippen LogP contribution in [0, 0.1) is 0 Å². The van der Waals surface area contributed by atoms with Gasteiger partial charge in [0.1, 0.15) is 24.1 Å². The molecule has 1 aromatic carbocycles. The molecule has 41 heavy (non-hydrogen) atoms. The first-order valence-corrected chi connectivity index (χ1v) is 12.3. The number of carboxylic acid groups (broad SMARTS) is 1. The van der Waals surface area contributed by atoms with E-state index in [-0.39, 0.29) is 5.91 Å². The van der Waals surface area contributed by atoms with Crippen molar-refractivity contribution in [1.82, 2.24) is 14.9 Å². The number of amides is 1. The summed E-state index contributed by atoms with van der Waals surface area (Å²) in [6.45, 7) is 1.46. The van der Waals surface area contributed by atoms with Gasteiger partial charge in [-0.15, -0.1) is 0 Å². The number of carbonyl (C=O) groups excluding carboxylic acids is 1. The van der Waals surface area contributed by atoms with Gasteiger partial charge in [-0.25, -0.2) is 9.78 Å². The second-order valence-corrected chi connectivity index (χ2v) is 8.90. The summed E-state index contributed by atoms with van der Waals surface area (Å²) >= 11 is 0. The van der Waals surface area contributed by atoms with Crippen LogP contribution in [-0.4, -0.2) is 129 Å². The van der Waals surface area contributed by atoms with Crippen molar-refractivity contribution < 1.29 is 54.1 Å². The largest absolute Gasteiger partial charge is 0.493 e. The molecular weight excluding hydrogens is 546 g/mol. The second-order valence-electron chi connectivity index (χ2n) is 8.90. The van der Waals surface area contributed by atoms with Crippen molar-refractivity contribution in [3.8, 4) is 11.5 Å².